The van der Waals surface area contributed by atoms with Gasteiger partial charge in [-0.3, -0.25) is 9.48 Å². The zero-order chi connectivity index (χ0) is 13.3. The molecular weight excluding hydrogens is 259 g/mol. The number of nitrogens with zero attached hydrogens (tertiary/aromatic N) is 2. The van der Waals surface area contributed by atoms with Gasteiger partial charge >= 0.3 is 0 Å². The zero-order valence-corrected chi connectivity index (χ0v) is 10.2. The van der Waals surface area contributed by atoms with Crippen molar-refractivity contribution in [2.45, 2.75) is 0 Å². The Hall–Kier alpha value is -2.08. The Morgan fingerprint density at radius 1 is 1.56 bits per heavy atom. The minimum Gasteiger partial charge on any atom is -0.396 e. The molecule has 0 saturated heterocycles. The molecule has 0 spiro atoms. The number of carbonyl (C=O) groups is 1. The third kappa shape index (κ3) is 2.28. The van der Waals surface area contributed by atoms with E-state index in [0.29, 0.717) is 5.69 Å². The molecule has 2 rings (SSSR count). The van der Waals surface area contributed by atoms with Gasteiger partial charge < -0.3 is 11.1 Å². The second-order valence-corrected chi connectivity index (χ2v) is 4.06. The van der Waals surface area contributed by atoms with Gasteiger partial charge in [-0.25, -0.2) is 4.39 Å². The molecule has 1 aromatic heterocycles. The summed E-state index contributed by atoms with van der Waals surface area (Å²) < 4.78 is 14.3. The number of carbonyl (C=O) groups excluding carboxylic acids is 1. The van der Waals surface area contributed by atoms with Gasteiger partial charge in [0, 0.05) is 12.7 Å². The molecule has 0 aliphatic rings. The minimum absolute atomic E-state index is 0.0641. The highest BCUT2D eigenvalue weighted by molar-refractivity contribution is 6.31. The van der Waals surface area contributed by atoms with Gasteiger partial charge in [-0.15, -0.1) is 0 Å². The molecule has 1 heterocycles. The van der Waals surface area contributed by atoms with Crippen molar-refractivity contribution in [3.8, 4) is 0 Å². The number of nitrogens with two attached hydrogens (primary N) is 1. The number of rotatable bonds is 2. The highest BCUT2D eigenvalue weighted by Crippen LogP contribution is 2.20. The monoisotopic (exact) mass is 268 g/mol. The van der Waals surface area contributed by atoms with Gasteiger partial charge in [0.05, 0.1) is 16.9 Å². The van der Waals surface area contributed by atoms with Gasteiger partial charge in [0.25, 0.3) is 5.91 Å². The predicted molar refractivity (Wildman–Crippen MR) is 67.0 cm³/mol. The molecule has 2 aromatic rings. The lowest BCUT2D eigenvalue weighted by molar-refractivity contribution is 0.101. The number of nitrogen functional groups attached to an aromatic ring is 1. The standard InChI is InChI=1S/C11H10ClFN4O/c1-17-10(9(14)5-15-17)11(18)16-6-2-3-8(13)7(12)4-6/h2-5H,14H2,1H3,(H,16,18). The smallest absolute Gasteiger partial charge is 0.276 e. The van der Waals surface area contributed by atoms with E-state index >= 15 is 0 Å². The summed E-state index contributed by atoms with van der Waals surface area (Å²) in [7, 11) is 1.60. The largest absolute Gasteiger partial charge is 0.396 e. The highest BCUT2D eigenvalue weighted by atomic mass is 35.5. The Labute approximate surface area is 107 Å². The van der Waals surface area contributed by atoms with E-state index in [1.54, 1.807) is 7.05 Å². The molecule has 0 aliphatic carbocycles. The predicted octanol–water partition coefficient (Wildman–Crippen LogP) is 2.05. The van der Waals surface area contributed by atoms with Crippen molar-refractivity contribution in [1.82, 2.24) is 9.78 Å². The molecule has 0 unspecified atom stereocenters. The van der Waals surface area contributed by atoms with Crippen LogP contribution in [-0.4, -0.2) is 15.7 Å². The molecule has 0 atom stereocenters. The first-order chi connectivity index (χ1) is 8.49. The van der Waals surface area contributed by atoms with Crippen LogP contribution in [0.3, 0.4) is 0 Å². The Morgan fingerprint density at radius 2 is 2.28 bits per heavy atom. The summed E-state index contributed by atoms with van der Waals surface area (Å²) in [6.07, 6.45) is 1.38. The average Bonchev–Trinajstić information content (AvgIpc) is 2.64. The molecular formula is C11H10ClFN4O. The SMILES string of the molecule is Cn1ncc(N)c1C(=O)Nc1ccc(F)c(Cl)c1. The first-order valence-electron chi connectivity index (χ1n) is 5.03. The number of nitrogens with one attached hydrogen (secondary N) is 1. The molecule has 0 aliphatic heterocycles. The molecule has 7 heteroatoms. The number of aromatic nitrogens is 2. The molecule has 0 saturated carbocycles. The number of halogens is 2. The van der Waals surface area contributed by atoms with Crippen LogP contribution in [0, 0.1) is 5.82 Å². The zero-order valence-electron chi connectivity index (χ0n) is 9.45. The van der Waals surface area contributed by atoms with E-state index in [2.05, 4.69) is 10.4 Å². The Bertz CT molecular complexity index is 592. The van der Waals surface area contributed by atoms with Crippen LogP contribution in [0.4, 0.5) is 15.8 Å². The molecule has 1 aromatic carbocycles. The molecule has 0 bridgehead atoms. The van der Waals surface area contributed by atoms with Crippen LogP contribution in [0.2, 0.25) is 5.02 Å². The number of anilines is 2. The average molecular weight is 269 g/mol. The minimum atomic E-state index is -0.547. The van der Waals surface area contributed by atoms with E-state index in [-0.39, 0.29) is 16.4 Å². The van der Waals surface area contributed by atoms with E-state index in [1.165, 1.54) is 29.1 Å². The van der Waals surface area contributed by atoms with Crippen molar-refractivity contribution < 1.29 is 9.18 Å². The third-order valence-corrected chi connectivity index (χ3v) is 2.65. The number of benzene rings is 1. The molecule has 5 nitrogen and oxygen atoms in total. The maximum Gasteiger partial charge on any atom is 0.276 e. The number of hydrogen-bond acceptors (Lipinski definition) is 3. The van der Waals surface area contributed by atoms with Crippen LogP contribution in [0.15, 0.2) is 24.4 Å². The molecule has 94 valence electrons. The van der Waals surface area contributed by atoms with Gasteiger partial charge in [0.15, 0.2) is 0 Å². The summed E-state index contributed by atoms with van der Waals surface area (Å²) in [5, 5.41) is 6.35. The van der Waals surface area contributed by atoms with Gasteiger partial charge in [0.2, 0.25) is 0 Å². The lowest BCUT2D eigenvalue weighted by Gasteiger charge is -2.06. The van der Waals surface area contributed by atoms with Crippen LogP contribution < -0.4 is 11.1 Å². The van der Waals surface area contributed by atoms with Gasteiger partial charge in [-0.1, -0.05) is 11.6 Å². The van der Waals surface area contributed by atoms with Gasteiger partial charge in [0.1, 0.15) is 11.5 Å². The fourth-order valence-electron chi connectivity index (χ4n) is 1.50. The van der Waals surface area contributed by atoms with Crippen molar-refractivity contribution in [2.24, 2.45) is 7.05 Å². The van der Waals surface area contributed by atoms with Crippen LogP contribution in [0.25, 0.3) is 0 Å². The summed E-state index contributed by atoms with van der Waals surface area (Å²) in [5.74, 6) is -0.982. The van der Waals surface area contributed by atoms with Crippen molar-refractivity contribution in [1.29, 1.82) is 0 Å². The fraction of sp³-hybridized carbons (Fsp3) is 0.0909. The first-order valence-corrected chi connectivity index (χ1v) is 5.40. The number of amides is 1. The topological polar surface area (TPSA) is 72.9 Å². The second kappa shape index (κ2) is 4.66. The van der Waals surface area contributed by atoms with Gasteiger partial charge in [-0.05, 0) is 18.2 Å². The van der Waals surface area contributed by atoms with Crippen molar-refractivity contribution in [3.05, 3.63) is 40.9 Å². The van der Waals surface area contributed by atoms with Crippen LogP contribution in [0.1, 0.15) is 10.5 Å². The molecule has 3 N–H and O–H groups in total. The Morgan fingerprint density at radius 3 is 2.83 bits per heavy atom. The summed E-state index contributed by atoms with van der Waals surface area (Å²) in [6.45, 7) is 0. The first kappa shape index (κ1) is 12.4. The van der Waals surface area contributed by atoms with E-state index < -0.39 is 11.7 Å². The second-order valence-electron chi connectivity index (χ2n) is 3.66. The lowest BCUT2D eigenvalue weighted by Crippen LogP contribution is -2.17. The maximum absolute atomic E-state index is 13.0. The summed E-state index contributed by atoms with van der Waals surface area (Å²) in [4.78, 5) is 11.9. The lowest BCUT2D eigenvalue weighted by atomic mass is 10.3. The highest BCUT2D eigenvalue weighted by Gasteiger charge is 2.15. The normalized spacial score (nSPS) is 10.4. The quantitative estimate of drug-likeness (QED) is 0.875. The summed E-state index contributed by atoms with van der Waals surface area (Å²) >= 11 is 5.62. The Kier molecular flexibility index (Phi) is 3.20. The van der Waals surface area contributed by atoms with Crippen LogP contribution in [0.5, 0.6) is 0 Å². The van der Waals surface area contributed by atoms with E-state index in [9.17, 15) is 9.18 Å². The van der Waals surface area contributed by atoms with Crippen LogP contribution >= 0.6 is 11.6 Å². The van der Waals surface area contributed by atoms with Crippen molar-refractivity contribution in [2.75, 3.05) is 11.1 Å². The number of aryl methyl sites for hydroxylation is 1. The molecule has 18 heavy (non-hydrogen) atoms. The van der Waals surface area contributed by atoms with E-state index in [4.69, 9.17) is 17.3 Å². The number of hydrogen-bond donors (Lipinski definition) is 2. The maximum atomic E-state index is 13.0. The van der Waals surface area contributed by atoms with E-state index in [0.717, 1.165) is 0 Å². The van der Waals surface area contributed by atoms with Gasteiger partial charge in [-0.2, -0.15) is 5.10 Å². The molecule has 0 radical (unpaired) electrons. The fourth-order valence-corrected chi connectivity index (χ4v) is 1.68. The van der Waals surface area contributed by atoms with Crippen molar-refractivity contribution >= 4 is 28.9 Å². The summed E-state index contributed by atoms with van der Waals surface area (Å²) in [5.41, 5.74) is 6.50. The summed E-state index contributed by atoms with van der Waals surface area (Å²) in [6, 6.07) is 3.90. The molecule has 1 amide bonds. The Balaban J connectivity index is 2.24. The third-order valence-electron chi connectivity index (χ3n) is 2.36. The molecule has 0 fully saturated rings. The van der Waals surface area contributed by atoms with Crippen LogP contribution in [-0.2, 0) is 7.05 Å². The van der Waals surface area contributed by atoms with Crippen molar-refractivity contribution in [3.63, 3.8) is 0 Å². The van der Waals surface area contributed by atoms with E-state index in [1.807, 2.05) is 0 Å².